The zero-order valence-electron chi connectivity index (χ0n) is 12.2. The van der Waals surface area contributed by atoms with Crippen LogP contribution in [0.25, 0.3) is 0 Å². The van der Waals surface area contributed by atoms with Gasteiger partial charge in [0.15, 0.2) is 0 Å². The van der Waals surface area contributed by atoms with Crippen molar-refractivity contribution >= 4 is 35.2 Å². The van der Waals surface area contributed by atoms with Crippen LogP contribution in [0.5, 0.6) is 0 Å². The fraction of sp³-hybridized carbons (Fsp3) is 0.333. The Kier molecular flexibility index (Phi) is 5.32. The van der Waals surface area contributed by atoms with Gasteiger partial charge in [0.05, 0.1) is 28.3 Å². The molecule has 1 aliphatic rings. The van der Waals surface area contributed by atoms with Crippen LogP contribution in [0.2, 0.25) is 10.0 Å². The predicted molar refractivity (Wildman–Crippen MR) is 84.8 cm³/mol. The summed E-state index contributed by atoms with van der Waals surface area (Å²) in [5.41, 5.74) is 1.47. The molecule has 0 aromatic heterocycles. The van der Waals surface area contributed by atoms with Gasteiger partial charge in [-0.05, 0) is 31.0 Å². The van der Waals surface area contributed by atoms with Crippen LogP contribution in [0.1, 0.15) is 31.9 Å². The van der Waals surface area contributed by atoms with Crippen molar-refractivity contribution in [1.82, 2.24) is 10.6 Å². The largest absolute Gasteiger partial charge is 0.462 e. The minimum Gasteiger partial charge on any atom is -0.462 e. The molecule has 22 heavy (non-hydrogen) atoms. The molecule has 1 atom stereocenters. The topological polar surface area (TPSA) is 67.4 Å². The van der Waals surface area contributed by atoms with E-state index in [1.165, 1.54) is 0 Å². The maximum atomic E-state index is 12.3. The zero-order chi connectivity index (χ0) is 16.3. The van der Waals surface area contributed by atoms with E-state index in [0.717, 1.165) is 6.42 Å². The highest BCUT2D eigenvalue weighted by atomic mass is 35.5. The number of hydrogen-bond acceptors (Lipinski definition) is 3. The van der Waals surface area contributed by atoms with Crippen molar-refractivity contribution < 1.29 is 14.3 Å². The lowest BCUT2D eigenvalue weighted by atomic mass is 9.95. The third-order valence-electron chi connectivity index (χ3n) is 3.20. The van der Waals surface area contributed by atoms with E-state index in [9.17, 15) is 9.59 Å². The van der Waals surface area contributed by atoms with Gasteiger partial charge in [-0.25, -0.2) is 9.59 Å². The number of nitrogens with one attached hydrogen (secondary N) is 2. The van der Waals surface area contributed by atoms with E-state index < -0.39 is 12.0 Å². The normalized spacial score (nSPS) is 17.8. The summed E-state index contributed by atoms with van der Waals surface area (Å²) in [7, 11) is 0. The minimum atomic E-state index is -0.632. The molecule has 0 spiro atoms. The first-order chi connectivity index (χ1) is 10.4. The molecule has 0 aliphatic carbocycles. The molecule has 2 amide bonds. The average molecular weight is 343 g/mol. The number of benzene rings is 1. The Morgan fingerprint density at radius 2 is 2.05 bits per heavy atom. The number of esters is 1. The third-order valence-corrected chi connectivity index (χ3v) is 3.94. The number of urea groups is 1. The van der Waals surface area contributed by atoms with Crippen molar-refractivity contribution in [3.63, 3.8) is 0 Å². The van der Waals surface area contributed by atoms with Crippen LogP contribution in [0, 0.1) is 0 Å². The molecule has 0 bridgehead atoms. The van der Waals surface area contributed by atoms with Crippen molar-refractivity contribution in [3.8, 4) is 0 Å². The molecule has 0 unspecified atom stereocenters. The Bertz CT molecular complexity index is 644. The summed E-state index contributed by atoms with van der Waals surface area (Å²) < 4.78 is 5.19. The monoisotopic (exact) mass is 342 g/mol. The molecule has 1 aromatic carbocycles. The average Bonchev–Trinajstić information content (AvgIpc) is 2.46. The van der Waals surface area contributed by atoms with Gasteiger partial charge in [-0.1, -0.05) is 36.2 Å². The molecule has 2 rings (SSSR count). The molecule has 0 saturated heterocycles. The van der Waals surface area contributed by atoms with Crippen LogP contribution >= 0.6 is 23.2 Å². The quantitative estimate of drug-likeness (QED) is 0.822. The van der Waals surface area contributed by atoms with Crippen molar-refractivity contribution in [3.05, 3.63) is 45.1 Å². The van der Waals surface area contributed by atoms with Gasteiger partial charge in [-0.2, -0.15) is 0 Å². The van der Waals surface area contributed by atoms with Gasteiger partial charge in [0.2, 0.25) is 0 Å². The second-order valence-corrected chi connectivity index (χ2v) is 5.69. The highest BCUT2D eigenvalue weighted by Gasteiger charge is 2.32. The summed E-state index contributed by atoms with van der Waals surface area (Å²) in [6.45, 7) is 3.88. The van der Waals surface area contributed by atoms with E-state index >= 15 is 0 Å². The number of halogens is 2. The van der Waals surface area contributed by atoms with Crippen molar-refractivity contribution in [2.75, 3.05) is 6.61 Å². The summed E-state index contributed by atoms with van der Waals surface area (Å²) in [5.74, 6) is -0.470. The number of allylic oxidation sites excluding steroid dienone is 1. The maximum Gasteiger partial charge on any atom is 0.338 e. The molecule has 2 N–H and O–H groups in total. The number of rotatable bonds is 4. The molecule has 1 heterocycles. The van der Waals surface area contributed by atoms with Gasteiger partial charge in [-0.15, -0.1) is 0 Å². The first-order valence-electron chi connectivity index (χ1n) is 6.84. The molecule has 118 valence electrons. The highest BCUT2D eigenvalue weighted by molar-refractivity contribution is 6.42. The van der Waals surface area contributed by atoms with E-state index in [2.05, 4.69) is 10.6 Å². The molecule has 7 heteroatoms. The van der Waals surface area contributed by atoms with Gasteiger partial charge < -0.3 is 15.4 Å². The van der Waals surface area contributed by atoms with Gasteiger partial charge in [0, 0.05) is 5.70 Å². The zero-order valence-corrected chi connectivity index (χ0v) is 13.7. The highest BCUT2D eigenvalue weighted by Crippen LogP contribution is 2.31. The van der Waals surface area contributed by atoms with Gasteiger partial charge in [0.1, 0.15) is 0 Å². The van der Waals surface area contributed by atoms with E-state index in [1.54, 1.807) is 25.1 Å². The molecule has 5 nitrogen and oxygen atoms in total. The van der Waals surface area contributed by atoms with E-state index in [0.29, 0.717) is 33.5 Å². The van der Waals surface area contributed by atoms with E-state index in [-0.39, 0.29) is 6.03 Å². The second kappa shape index (κ2) is 7.03. The third kappa shape index (κ3) is 3.54. The van der Waals surface area contributed by atoms with Crippen LogP contribution < -0.4 is 10.6 Å². The van der Waals surface area contributed by atoms with Crippen LogP contribution in [0.15, 0.2) is 29.5 Å². The molecule has 0 saturated carbocycles. The molecule has 0 radical (unpaired) electrons. The van der Waals surface area contributed by atoms with Crippen LogP contribution in [-0.2, 0) is 9.53 Å². The fourth-order valence-corrected chi connectivity index (χ4v) is 2.49. The predicted octanol–water partition coefficient (Wildman–Crippen LogP) is 3.57. The second-order valence-electron chi connectivity index (χ2n) is 4.88. The lowest BCUT2D eigenvalue weighted by Gasteiger charge is -2.28. The maximum absolute atomic E-state index is 12.3. The molecular formula is C15H16Cl2N2O3. The Labute approximate surface area is 138 Å². The molecule has 0 fully saturated rings. The standard InChI is InChI=1S/C15H16Cl2N2O3/c1-3-6-22-14(20)12-8(2)18-15(21)19-13(12)9-4-5-10(16)11(17)7-9/h4-5,7,13H,3,6H2,1-2H3,(H2,18,19,21)/t13-/m1/s1. The number of ether oxygens (including phenoxy) is 1. The first-order valence-corrected chi connectivity index (χ1v) is 7.60. The number of carbonyl (C=O) groups is 2. The summed E-state index contributed by atoms with van der Waals surface area (Å²) >= 11 is 11.9. The fourth-order valence-electron chi connectivity index (χ4n) is 2.18. The number of hydrogen-bond donors (Lipinski definition) is 2. The lowest BCUT2D eigenvalue weighted by Crippen LogP contribution is -2.45. The van der Waals surface area contributed by atoms with E-state index in [4.69, 9.17) is 27.9 Å². The molecular weight excluding hydrogens is 327 g/mol. The molecule has 1 aromatic rings. The minimum absolute atomic E-state index is 0.317. The summed E-state index contributed by atoms with van der Waals surface area (Å²) in [6, 6.07) is 3.94. The summed E-state index contributed by atoms with van der Waals surface area (Å²) in [5, 5.41) is 6.05. The van der Waals surface area contributed by atoms with Crippen molar-refractivity contribution in [2.45, 2.75) is 26.3 Å². The van der Waals surface area contributed by atoms with Crippen molar-refractivity contribution in [1.29, 1.82) is 0 Å². The lowest BCUT2D eigenvalue weighted by molar-refractivity contribution is -0.139. The van der Waals surface area contributed by atoms with Crippen molar-refractivity contribution in [2.24, 2.45) is 0 Å². The van der Waals surface area contributed by atoms with Crippen LogP contribution in [0.4, 0.5) is 4.79 Å². The number of carbonyl (C=O) groups excluding carboxylic acids is 2. The smallest absolute Gasteiger partial charge is 0.338 e. The molecule has 1 aliphatic heterocycles. The van der Waals surface area contributed by atoms with Crippen LogP contribution in [-0.4, -0.2) is 18.6 Å². The number of amides is 2. The Morgan fingerprint density at radius 3 is 2.68 bits per heavy atom. The SMILES string of the molecule is CCCOC(=O)C1=C(C)NC(=O)N[C@@H]1c1ccc(Cl)c(Cl)c1. The van der Waals surface area contributed by atoms with Gasteiger partial charge >= 0.3 is 12.0 Å². The Morgan fingerprint density at radius 1 is 1.32 bits per heavy atom. The first kappa shape index (κ1) is 16.6. The summed E-state index contributed by atoms with van der Waals surface area (Å²) in [6.07, 6.45) is 0.718. The summed E-state index contributed by atoms with van der Waals surface area (Å²) in [4.78, 5) is 24.0. The Hall–Kier alpha value is -1.72. The van der Waals surface area contributed by atoms with Gasteiger partial charge in [0.25, 0.3) is 0 Å². The van der Waals surface area contributed by atoms with Crippen LogP contribution in [0.3, 0.4) is 0 Å². The Balaban J connectivity index is 2.40. The van der Waals surface area contributed by atoms with Gasteiger partial charge in [-0.3, -0.25) is 0 Å². The van der Waals surface area contributed by atoms with E-state index in [1.807, 2.05) is 6.92 Å².